The maximum Gasteiger partial charge on any atom is 0.308 e. The van der Waals surface area contributed by atoms with Crippen LogP contribution in [0.3, 0.4) is 0 Å². The normalized spacial score (nSPS) is 10.8. The van der Waals surface area contributed by atoms with Crippen molar-refractivity contribution in [3.8, 4) is 17.2 Å². The Labute approximate surface area is 175 Å². The van der Waals surface area contributed by atoms with E-state index < -0.39 is 17.9 Å². The zero-order valence-corrected chi connectivity index (χ0v) is 17.4. The van der Waals surface area contributed by atoms with E-state index in [0.29, 0.717) is 0 Å². The number of carbonyl (C=O) groups excluding carboxylic acids is 3. The van der Waals surface area contributed by atoms with Gasteiger partial charge < -0.3 is 24.9 Å². The Balaban J connectivity index is 2.94. The lowest BCUT2D eigenvalue weighted by Gasteiger charge is -2.16. The second-order valence-electron chi connectivity index (χ2n) is 5.73. The van der Waals surface area contributed by atoms with Gasteiger partial charge in [-0.05, 0) is 19.1 Å². The molecule has 12 heteroatoms. The molecule has 154 valence electrons. The molecule has 0 aliphatic heterocycles. The first-order chi connectivity index (χ1) is 13.5. The topological polar surface area (TPSA) is 145 Å². The Kier molecular flexibility index (Phi) is 6.77. The van der Waals surface area contributed by atoms with Crippen LogP contribution in [0.4, 0.5) is 0 Å². The molecule has 0 saturated carbocycles. The summed E-state index contributed by atoms with van der Waals surface area (Å²) >= 11 is 11.0. The van der Waals surface area contributed by atoms with Gasteiger partial charge in [0, 0.05) is 31.9 Å². The number of rotatable bonds is 5. The number of nitrogens with one attached hydrogen (secondary N) is 2. The highest BCUT2D eigenvalue weighted by atomic mass is 35.5. The summed E-state index contributed by atoms with van der Waals surface area (Å²) in [6.07, 6.45) is 1.26. The van der Waals surface area contributed by atoms with Crippen LogP contribution in [-0.2, 0) is 14.4 Å². The number of carbonyl (C=O) groups is 3. The van der Waals surface area contributed by atoms with E-state index in [2.05, 4.69) is 27.7 Å². The molecular weight excluding hydrogens is 424 g/mol. The molecule has 10 nitrogen and oxygen atoms in total. The van der Waals surface area contributed by atoms with Crippen molar-refractivity contribution in [2.45, 2.75) is 27.7 Å². The highest BCUT2D eigenvalue weighted by molar-refractivity contribution is 7.80. The third-order valence-corrected chi connectivity index (χ3v) is 3.83. The lowest BCUT2D eigenvalue weighted by Crippen LogP contribution is -2.24. The first-order valence-electron chi connectivity index (χ1n) is 8.04. The van der Waals surface area contributed by atoms with Crippen LogP contribution in [0.2, 0.25) is 5.15 Å². The van der Waals surface area contributed by atoms with Crippen LogP contribution in [0.1, 0.15) is 31.9 Å². The number of nitrogens with two attached hydrogens (primary N) is 1. The van der Waals surface area contributed by atoms with Gasteiger partial charge in [0.15, 0.2) is 22.4 Å². The number of benzene rings is 1. The number of hydrazone groups is 1. The van der Waals surface area contributed by atoms with Crippen LogP contribution in [0.5, 0.6) is 17.2 Å². The molecule has 4 N–H and O–H groups in total. The van der Waals surface area contributed by atoms with E-state index in [1.165, 1.54) is 33.9 Å². The SMILES string of the molecule is CC(=O)Oc1c(C)c(OC(C)=O)c2[nH]c(Cl)c(C=NNC(N)=S)c2c1OC(C)=O. The van der Waals surface area contributed by atoms with Gasteiger partial charge in [-0.1, -0.05) is 11.6 Å². The van der Waals surface area contributed by atoms with Crippen LogP contribution in [0.25, 0.3) is 10.9 Å². The predicted octanol–water partition coefficient (Wildman–Crippen LogP) is 2.07. The predicted molar refractivity (Wildman–Crippen MR) is 109 cm³/mol. The van der Waals surface area contributed by atoms with Gasteiger partial charge in [-0.2, -0.15) is 5.10 Å². The van der Waals surface area contributed by atoms with Gasteiger partial charge in [0.2, 0.25) is 0 Å². The molecule has 0 aliphatic rings. The van der Waals surface area contributed by atoms with Crippen molar-refractivity contribution in [2.24, 2.45) is 10.8 Å². The fraction of sp³-hybridized carbons (Fsp3) is 0.235. The minimum atomic E-state index is -0.680. The number of aromatic amines is 1. The molecule has 1 aromatic carbocycles. The van der Waals surface area contributed by atoms with E-state index >= 15 is 0 Å². The molecule has 0 amide bonds. The van der Waals surface area contributed by atoms with E-state index in [1.807, 2.05) is 0 Å². The summed E-state index contributed by atoms with van der Waals surface area (Å²) in [5.74, 6) is -2.15. The number of aromatic nitrogens is 1. The van der Waals surface area contributed by atoms with Gasteiger partial charge in [0.25, 0.3) is 0 Å². The third-order valence-electron chi connectivity index (χ3n) is 3.44. The van der Waals surface area contributed by atoms with Crippen LogP contribution >= 0.6 is 23.8 Å². The second kappa shape index (κ2) is 8.88. The molecule has 0 aliphatic carbocycles. The van der Waals surface area contributed by atoms with Gasteiger partial charge in [-0.3, -0.25) is 19.8 Å². The smallest absolute Gasteiger partial charge is 0.308 e. The van der Waals surface area contributed by atoms with Gasteiger partial charge in [0.1, 0.15) is 5.15 Å². The highest BCUT2D eigenvalue weighted by Gasteiger charge is 2.28. The minimum Gasteiger partial charge on any atom is -0.424 e. The molecule has 29 heavy (non-hydrogen) atoms. The second-order valence-corrected chi connectivity index (χ2v) is 6.55. The zero-order chi connectivity index (χ0) is 21.9. The lowest BCUT2D eigenvalue weighted by molar-refractivity contribution is -0.134. The van der Waals surface area contributed by atoms with Crippen LogP contribution in [-0.4, -0.2) is 34.2 Å². The van der Waals surface area contributed by atoms with Crippen molar-refractivity contribution < 1.29 is 28.6 Å². The van der Waals surface area contributed by atoms with Gasteiger partial charge >= 0.3 is 17.9 Å². The summed E-state index contributed by atoms with van der Waals surface area (Å²) in [5.41, 5.74) is 8.41. The molecule has 1 heterocycles. The van der Waals surface area contributed by atoms with Gasteiger partial charge in [-0.25, -0.2) is 0 Å². The number of hydrogen-bond donors (Lipinski definition) is 3. The monoisotopic (exact) mass is 440 g/mol. The molecule has 0 atom stereocenters. The Morgan fingerprint density at radius 3 is 2.10 bits per heavy atom. The quantitative estimate of drug-likeness (QED) is 0.209. The largest absolute Gasteiger partial charge is 0.424 e. The molecular formula is C17H17ClN4O6S. The number of esters is 3. The molecule has 2 rings (SSSR count). The van der Waals surface area contributed by atoms with Crippen molar-refractivity contribution in [1.82, 2.24) is 10.4 Å². The summed E-state index contributed by atoms with van der Waals surface area (Å²) in [6, 6.07) is 0. The van der Waals surface area contributed by atoms with E-state index in [0.717, 1.165) is 0 Å². The van der Waals surface area contributed by atoms with Crippen molar-refractivity contribution in [3.05, 3.63) is 16.3 Å². The molecule has 0 spiro atoms. The highest BCUT2D eigenvalue weighted by Crippen LogP contribution is 2.48. The molecule has 0 radical (unpaired) electrons. The minimum absolute atomic E-state index is 0.0449. The summed E-state index contributed by atoms with van der Waals surface area (Å²) < 4.78 is 15.9. The fourth-order valence-corrected chi connectivity index (χ4v) is 2.82. The van der Waals surface area contributed by atoms with Crippen LogP contribution in [0.15, 0.2) is 5.10 Å². The van der Waals surface area contributed by atoms with Crippen molar-refractivity contribution in [1.29, 1.82) is 0 Å². The fourth-order valence-electron chi connectivity index (χ4n) is 2.53. The van der Waals surface area contributed by atoms with Crippen molar-refractivity contribution in [2.75, 3.05) is 0 Å². The number of nitrogens with zero attached hydrogens (tertiary/aromatic N) is 1. The number of halogens is 1. The Morgan fingerprint density at radius 2 is 1.59 bits per heavy atom. The number of ether oxygens (including phenoxy) is 3. The van der Waals surface area contributed by atoms with Crippen LogP contribution < -0.4 is 25.4 Å². The molecule has 2 aromatic rings. The molecule has 0 bridgehead atoms. The van der Waals surface area contributed by atoms with Gasteiger partial charge in [0.05, 0.1) is 17.1 Å². The lowest BCUT2D eigenvalue weighted by atomic mass is 10.1. The van der Waals surface area contributed by atoms with Crippen LogP contribution in [0, 0.1) is 6.92 Å². The number of H-pyrrole nitrogens is 1. The number of thiocarbonyl (C=S) groups is 1. The summed E-state index contributed by atoms with van der Waals surface area (Å²) in [6.45, 7) is 5.08. The average Bonchev–Trinajstić information content (AvgIpc) is 2.90. The summed E-state index contributed by atoms with van der Waals surface area (Å²) in [5, 5.41) is 4.03. The van der Waals surface area contributed by atoms with E-state index in [4.69, 9.17) is 31.5 Å². The summed E-state index contributed by atoms with van der Waals surface area (Å²) in [7, 11) is 0. The van der Waals surface area contributed by atoms with Crippen molar-refractivity contribution in [3.63, 3.8) is 0 Å². The standard InChI is InChI=1S/C17H17ClN4O6S/c1-6-13(26-7(2)23)12-11(10(16(18)21-12)5-20-22-17(19)29)15(28-9(4)25)14(6)27-8(3)24/h5,21H,1-4H3,(H3,19,22,29). The molecule has 1 aromatic heterocycles. The number of fused-ring (bicyclic) bond motifs is 1. The van der Waals surface area contributed by atoms with E-state index in [9.17, 15) is 14.4 Å². The number of hydrogen-bond acceptors (Lipinski definition) is 8. The Morgan fingerprint density at radius 1 is 1.07 bits per heavy atom. The van der Waals surface area contributed by atoms with Gasteiger partial charge in [-0.15, -0.1) is 0 Å². The third kappa shape index (κ3) is 5.00. The summed E-state index contributed by atoms with van der Waals surface area (Å²) in [4.78, 5) is 37.8. The average molecular weight is 441 g/mol. The first-order valence-corrected chi connectivity index (χ1v) is 8.83. The maximum absolute atomic E-state index is 11.7. The van der Waals surface area contributed by atoms with E-state index in [1.54, 1.807) is 0 Å². The zero-order valence-electron chi connectivity index (χ0n) is 15.8. The Hall–Kier alpha value is -3.18. The van der Waals surface area contributed by atoms with Crippen molar-refractivity contribution >= 4 is 64.0 Å². The van der Waals surface area contributed by atoms with E-state index in [-0.39, 0.29) is 49.5 Å². The Bertz CT molecular complexity index is 1060. The maximum atomic E-state index is 11.7. The molecule has 0 saturated heterocycles. The molecule has 0 unspecified atom stereocenters. The first kappa shape index (κ1) is 22.1. The molecule has 0 fully saturated rings.